The Kier molecular flexibility index (Phi) is 7.54. The van der Waals surface area contributed by atoms with Gasteiger partial charge in [0.2, 0.25) is 11.8 Å². The fraction of sp³-hybridized carbons (Fsp3) is 0.500. The Hall–Kier alpha value is -4.10. The van der Waals surface area contributed by atoms with E-state index in [2.05, 4.69) is 77.5 Å². The number of nitrogens with one attached hydrogen (secondary N) is 1. The normalized spacial score (nSPS) is 22.7. The van der Waals surface area contributed by atoms with Crippen LogP contribution < -0.4 is 14.5 Å². The number of benzene rings is 1. The van der Waals surface area contributed by atoms with E-state index in [1.54, 1.807) is 0 Å². The van der Waals surface area contributed by atoms with Crippen LogP contribution in [0.4, 0.5) is 11.4 Å². The standard InChI is InChI=1S/C32H40N8O2/c1-6-29(41)40-21(3)16-39(17-22(40)4)31-24-11-13-38(30-20(2)9-10-27-26(30)15-34-36-27)18-28(24)35-32(25(31)14-33)42-19-23-8-7-12-37(23)5/h6,9-10,15,21-23H,1,7-8,11-13,16-19H2,2-5H3,(H,34,36)/t21-,22+,23?. The van der Waals surface area contributed by atoms with E-state index in [1.807, 2.05) is 11.1 Å². The summed E-state index contributed by atoms with van der Waals surface area (Å²) >= 11 is 0. The van der Waals surface area contributed by atoms with Crippen molar-refractivity contribution in [1.82, 2.24) is 25.0 Å². The van der Waals surface area contributed by atoms with Gasteiger partial charge in [-0.25, -0.2) is 4.98 Å². The van der Waals surface area contributed by atoms with Crippen LogP contribution in [-0.4, -0.2) is 88.8 Å². The summed E-state index contributed by atoms with van der Waals surface area (Å²) in [6.07, 6.45) is 6.26. The molecule has 220 valence electrons. The zero-order valence-electron chi connectivity index (χ0n) is 25.1. The third-order valence-electron chi connectivity index (χ3n) is 9.27. The first kappa shape index (κ1) is 28.0. The summed E-state index contributed by atoms with van der Waals surface area (Å²) in [5.74, 6) is 0.354. The second-order valence-electron chi connectivity index (χ2n) is 12.1. The van der Waals surface area contributed by atoms with Crippen LogP contribution in [0.1, 0.15) is 49.1 Å². The molecule has 10 heteroatoms. The Labute approximate surface area is 247 Å². The van der Waals surface area contributed by atoms with E-state index in [1.165, 1.54) is 11.6 Å². The van der Waals surface area contributed by atoms with Crippen LogP contribution in [0.2, 0.25) is 0 Å². The summed E-state index contributed by atoms with van der Waals surface area (Å²) in [6.45, 7) is 14.2. The number of ether oxygens (including phenoxy) is 1. The summed E-state index contributed by atoms with van der Waals surface area (Å²) in [5.41, 5.74) is 6.82. The molecular weight excluding hydrogens is 528 g/mol. The molecule has 1 amide bonds. The Morgan fingerprint density at radius 3 is 2.69 bits per heavy atom. The number of likely N-dealkylation sites (tertiary alicyclic amines) is 1. The quantitative estimate of drug-likeness (QED) is 0.448. The Morgan fingerprint density at radius 2 is 2.00 bits per heavy atom. The summed E-state index contributed by atoms with van der Waals surface area (Å²) in [6, 6.07) is 6.92. The molecule has 3 aliphatic heterocycles. The second kappa shape index (κ2) is 11.3. The fourth-order valence-electron chi connectivity index (χ4n) is 7.22. The van der Waals surface area contributed by atoms with Gasteiger partial charge in [-0.15, -0.1) is 0 Å². The van der Waals surface area contributed by atoms with Gasteiger partial charge in [-0.3, -0.25) is 9.89 Å². The number of rotatable bonds is 6. The van der Waals surface area contributed by atoms with Crippen molar-refractivity contribution < 1.29 is 9.53 Å². The minimum absolute atomic E-state index is 0.0347. The highest BCUT2D eigenvalue weighted by Crippen LogP contribution is 2.40. The molecule has 0 saturated carbocycles. The number of carbonyl (C=O) groups is 1. The van der Waals surface area contributed by atoms with Crippen LogP contribution in [0.15, 0.2) is 31.0 Å². The molecule has 6 rings (SSSR count). The average Bonchev–Trinajstić information content (AvgIpc) is 3.62. The van der Waals surface area contributed by atoms with E-state index >= 15 is 0 Å². The van der Waals surface area contributed by atoms with Crippen LogP contribution in [0.3, 0.4) is 0 Å². The summed E-state index contributed by atoms with van der Waals surface area (Å²) in [5, 5.41) is 19.0. The number of nitriles is 1. The lowest BCUT2D eigenvalue weighted by molar-refractivity contribution is -0.130. The number of aryl methyl sites for hydroxylation is 1. The Bertz CT molecular complexity index is 1550. The van der Waals surface area contributed by atoms with Crippen LogP contribution >= 0.6 is 0 Å². The number of hydrogen-bond acceptors (Lipinski definition) is 8. The maximum atomic E-state index is 12.6. The van der Waals surface area contributed by atoms with Crippen molar-refractivity contribution in [3.63, 3.8) is 0 Å². The minimum atomic E-state index is -0.0592. The first-order chi connectivity index (χ1) is 20.3. The first-order valence-electron chi connectivity index (χ1n) is 15.0. The van der Waals surface area contributed by atoms with Crippen molar-refractivity contribution in [2.75, 3.05) is 49.6 Å². The van der Waals surface area contributed by atoms with Gasteiger partial charge in [-0.05, 0) is 71.3 Å². The van der Waals surface area contributed by atoms with Gasteiger partial charge in [-0.2, -0.15) is 10.4 Å². The molecule has 5 heterocycles. The molecular formula is C32H40N8O2. The number of anilines is 2. The molecule has 0 aliphatic carbocycles. The third kappa shape index (κ3) is 4.86. The van der Waals surface area contributed by atoms with E-state index in [0.717, 1.165) is 65.9 Å². The number of carbonyl (C=O) groups excluding carboxylic acids is 1. The predicted molar refractivity (Wildman–Crippen MR) is 164 cm³/mol. The number of aromatic amines is 1. The van der Waals surface area contributed by atoms with Crippen molar-refractivity contribution in [2.24, 2.45) is 0 Å². The SMILES string of the molecule is C=CC(=O)N1[C@H](C)CN(c2c(C#N)c(OCC3CCCN3C)nc3c2CCN(c2c(C)ccc4[nH]ncc24)C3)C[C@@H]1C. The van der Waals surface area contributed by atoms with Crippen LogP contribution in [0.5, 0.6) is 5.88 Å². The first-order valence-corrected chi connectivity index (χ1v) is 15.0. The lowest BCUT2D eigenvalue weighted by Crippen LogP contribution is -2.58. The largest absolute Gasteiger partial charge is 0.475 e. The molecule has 3 atom stereocenters. The van der Waals surface area contributed by atoms with Gasteiger partial charge in [-0.1, -0.05) is 12.6 Å². The molecule has 1 unspecified atom stereocenters. The van der Waals surface area contributed by atoms with Gasteiger partial charge in [0.25, 0.3) is 0 Å². The molecule has 0 spiro atoms. The number of pyridine rings is 1. The lowest BCUT2D eigenvalue weighted by Gasteiger charge is -2.46. The lowest BCUT2D eigenvalue weighted by atomic mass is 9.95. The number of hydrogen-bond donors (Lipinski definition) is 1. The van der Waals surface area contributed by atoms with Crippen LogP contribution in [0, 0.1) is 18.3 Å². The monoisotopic (exact) mass is 568 g/mol. The molecule has 3 aliphatic rings. The minimum Gasteiger partial charge on any atom is -0.475 e. The van der Waals surface area contributed by atoms with E-state index in [0.29, 0.717) is 43.7 Å². The van der Waals surface area contributed by atoms with Gasteiger partial charge in [0.15, 0.2) is 0 Å². The van der Waals surface area contributed by atoms with Gasteiger partial charge in [0.05, 0.1) is 35.3 Å². The van der Waals surface area contributed by atoms with E-state index in [4.69, 9.17) is 9.72 Å². The predicted octanol–water partition coefficient (Wildman–Crippen LogP) is 3.79. The topological polar surface area (TPSA) is 105 Å². The fourth-order valence-corrected chi connectivity index (χ4v) is 7.22. The Morgan fingerprint density at radius 1 is 1.21 bits per heavy atom. The highest BCUT2D eigenvalue weighted by atomic mass is 16.5. The van der Waals surface area contributed by atoms with Gasteiger partial charge in [0.1, 0.15) is 18.2 Å². The number of piperazine rings is 1. The number of fused-ring (bicyclic) bond motifs is 2. The summed E-state index contributed by atoms with van der Waals surface area (Å²) < 4.78 is 6.42. The molecule has 0 radical (unpaired) electrons. The zero-order chi connectivity index (χ0) is 29.5. The number of likely N-dealkylation sites (N-methyl/N-ethyl adjacent to an activating group) is 1. The Balaban J connectivity index is 1.41. The van der Waals surface area contributed by atoms with E-state index < -0.39 is 0 Å². The molecule has 1 N–H and O–H groups in total. The van der Waals surface area contributed by atoms with Crippen molar-refractivity contribution in [3.05, 3.63) is 53.4 Å². The van der Waals surface area contributed by atoms with Crippen molar-refractivity contribution in [3.8, 4) is 11.9 Å². The van der Waals surface area contributed by atoms with Crippen molar-refractivity contribution >= 4 is 28.2 Å². The molecule has 2 saturated heterocycles. The molecule has 1 aromatic carbocycles. The van der Waals surface area contributed by atoms with Gasteiger partial charge < -0.3 is 24.3 Å². The van der Waals surface area contributed by atoms with Crippen molar-refractivity contribution in [2.45, 2.75) is 64.7 Å². The summed E-state index contributed by atoms with van der Waals surface area (Å²) in [4.78, 5) is 26.6. The highest BCUT2D eigenvalue weighted by Gasteiger charge is 2.37. The second-order valence-corrected chi connectivity index (χ2v) is 12.1. The molecule has 2 aromatic heterocycles. The number of H-pyrrole nitrogens is 1. The third-order valence-corrected chi connectivity index (χ3v) is 9.27. The molecule has 0 bridgehead atoms. The van der Waals surface area contributed by atoms with Gasteiger partial charge >= 0.3 is 0 Å². The number of amides is 1. The smallest absolute Gasteiger partial charge is 0.246 e. The highest BCUT2D eigenvalue weighted by molar-refractivity contribution is 5.93. The van der Waals surface area contributed by atoms with Crippen molar-refractivity contribution in [1.29, 1.82) is 5.26 Å². The number of nitrogens with zero attached hydrogens (tertiary/aromatic N) is 7. The van der Waals surface area contributed by atoms with Crippen LogP contribution in [-0.2, 0) is 17.8 Å². The molecule has 10 nitrogen and oxygen atoms in total. The molecule has 3 aromatic rings. The van der Waals surface area contributed by atoms with Gasteiger partial charge in [0, 0.05) is 48.7 Å². The maximum Gasteiger partial charge on any atom is 0.246 e. The maximum absolute atomic E-state index is 12.6. The van der Waals surface area contributed by atoms with E-state index in [9.17, 15) is 10.1 Å². The molecule has 42 heavy (non-hydrogen) atoms. The average molecular weight is 569 g/mol. The van der Waals surface area contributed by atoms with Crippen LogP contribution in [0.25, 0.3) is 10.9 Å². The number of aromatic nitrogens is 3. The zero-order valence-corrected chi connectivity index (χ0v) is 25.1. The summed E-state index contributed by atoms with van der Waals surface area (Å²) in [7, 11) is 2.13. The van der Waals surface area contributed by atoms with E-state index in [-0.39, 0.29) is 18.0 Å². The molecule has 2 fully saturated rings.